The molecule has 20 heavy (non-hydrogen) atoms. The van der Waals surface area contributed by atoms with E-state index in [1.807, 2.05) is 31.2 Å². The molecule has 0 atom stereocenters. The predicted octanol–water partition coefficient (Wildman–Crippen LogP) is 5.19. The van der Waals surface area contributed by atoms with Crippen molar-refractivity contribution in [2.45, 2.75) is 32.6 Å². The van der Waals surface area contributed by atoms with Gasteiger partial charge in [-0.1, -0.05) is 40.9 Å². The Morgan fingerprint density at radius 3 is 2.65 bits per heavy atom. The first-order chi connectivity index (χ1) is 9.72. The highest BCUT2D eigenvalue weighted by molar-refractivity contribution is 9.09. The van der Waals surface area contributed by atoms with Crippen molar-refractivity contribution < 1.29 is 9.84 Å². The van der Waals surface area contributed by atoms with E-state index in [0.717, 1.165) is 40.4 Å². The van der Waals surface area contributed by atoms with Crippen molar-refractivity contribution in [2.24, 2.45) is 0 Å². The molecule has 0 heterocycles. The maximum absolute atomic E-state index is 9.70. The topological polar surface area (TPSA) is 29.5 Å². The van der Waals surface area contributed by atoms with E-state index in [2.05, 4.69) is 15.9 Å². The lowest BCUT2D eigenvalue weighted by Gasteiger charge is -2.09. The van der Waals surface area contributed by atoms with E-state index in [0.29, 0.717) is 5.75 Å². The molecule has 0 unspecified atom stereocenters. The highest BCUT2D eigenvalue weighted by atomic mass is 79.9. The van der Waals surface area contributed by atoms with Crippen LogP contribution in [0.4, 0.5) is 0 Å². The van der Waals surface area contributed by atoms with E-state index in [9.17, 15) is 5.11 Å². The molecule has 1 N–H and O–H groups in total. The molecule has 0 spiro atoms. The molecule has 0 radical (unpaired) electrons. The van der Waals surface area contributed by atoms with Gasteiger partial charge >= 0.3 is 0 Å². The van der Waals surface area contributed by atoms with Crippen LogP contribution in [0.15, 0.2) is 30.3 Å². The van der Waals surface area contributed by atoms with Crippen LogP contribution in [0.2, 0.25) is 0 Å². The van der Waals surface area contributed by atoms with Crippen LogP contribution >= 0.6 is 15.9 Å². The van der Waals surface area contributed by atoms with E-state index in [4.69, 9.17) is 4.74 Å². The molecule has 0 bridgehead atoms. The third kappa shape index (κ3) is 3.89. The van der Waals surface area contributed by atoms with Gasteiger partial charge in [0.05, 0.1) is 6.61 Å². The van der Waals surface area contributed by atoms with Crippen molar-refractivity contribution >= 4 is 26.7 Å². The quantitative estimate of drug-likeness (QED) is 0.557. The summed E-state index contributed by atoms with van der Waals surface area (Å²) in [5.41, 5.74) is 0.920. The third-order valence-electron chi connectivity index (χ3n) is 3.53. The van der Waals surface area contributed by atoms with Crippen LogP contribution in [-0.2, 0) is 0 Å². The summed E-state index contributed by atoms with van der Waals surface area (Å²) >= 11 is 3.44. The van der Waals surface area contributed by atoms with Crippen LogP contribution in [-0.4, -0.2) is 17.0 Å². The number of hydrogen-bond donors (Lipinski definition) is 1. The average molecular weight is 337 g/mol. The van der Waals surface area contributed by atoms with Crippen LogP contribution in [0.3, 0.4) is 0 Å². The average Bonchev–Trinajstić information content (AvgIpc) is 2.47. The molecule has 2 aromatic rings. The fourth-order valence-corrected chi connectivity index (χ4v) is 2.68. The highest BCUT2D eigenvalue weighted by Crippen LogP contribution is 2.29. The lowest BCUT2D eigenvalue weighted by molar-refractivity contribution is 0.305. The second-order valence-electron chi connectivity index (χ2n) is 5.04. The number of unbranched alkanes of at least 4 members (excludes halogenated alkanes) is 3. The van der Waals surface area contributed by atoms with Gasteiger partial charge < -0.3 is 9.84 Å². The summed E-state index contributed by atoms with van der Waals surface area (Å²) in [4.78, 5) is 0. The zero-order valence-electron chi connectivity index (χ0n) is 11.9. The number of aryl methyl sites for hydroxylation is 1. The molecule has 2 aromatic carbocycles. The third-order valence-corrected chi connectivity index (χ3v) is 4.09. The summed E-state index contributed by atoms with van der Waals surface area (Å²) in [6.45, 7) is 2.70. The normalized spacial score (nSPS) is 10.9. The molecule has 0 aliphatic heterocycles. The van der Waals surface area contributed by atoms with Crippen LogP contribution in [0.1, 0.15) is 31.2 Å². The first kappa shape index (κ1) is 15.2. The lowest BCUT2D eigenvalue weighted by atomic mass is 10.0. The maximum Gasteiger partial charge on any atom is 0.119 e. The van der Waals surface area contributed by atoms with Crippen molar-refractivity contribution in [1.82, 2.24) is 0 Å². The highest BCUT2D eigenvalue weighted by Gasteiger charge is 2.03. The zero-order valence-corrected chi connectivity index (χ0v) is 13.4. The smallest absolute Gasteiger partial charge is 0.119 e. The van der Waals surface area contributed by atoms with Crippen molar-refractivity contribution in [2.75, 3.05) is 11.9 Å². The van der Waals surface area contributed by atoms with Gasteiger partial charge in [0, 0.05) is 5.33 Å². The van der Waals surface area contributed by atoms with Crippen molar-refractivity contribution in [1.29, 1.82) is 0 Å². The molecule has 0 aromatic heterocycles. The van der Waals surface area contributed by atoms with E-state index in [1.165, 1.54) is 19.3 Å². The first-order valence-corrected chi connectivity index (χ1v) is 8.25. The predicted molar refractivity (Wildman–Crippen MR) is 88.1 cm³/mol. The molecule has 2 rings (SSSR count). The maximum atomic E-state index is 9.70. The standard InChI is InChI=1S/C17H21BrO2/c1-13-16-8-7-15(12-14(16)6-9-17(13)19)20-11-5-3-2-4-10-18/h6-9,12,19H,2-5,10-11H2,1H3. The Labute approximate surface area is 128 Å². The van der Waals surface area contributed by atoms with Gasteiger partial charge in [-0.2, -0.15) is 0 Å². The number of benzene rings is 2. The number of alkyl halides is 1. The summed E-state index contributed by atoms with van der Waals surface area (Å²) in [5, 5.41) is 13.0. The number of aromatic hydroxyl groups is 1. The van der Waals surface area contributed by atoms with Crippen molar-refractivity contribution in [3.05, 3.63) is 35.9 Å². The monoisotopic (exact) mass is 336 g/mol. The van der Waals surface area contributed by atoms with E-state index < -0.39 is 0 Å². The fraction of sp³-hybridized carbons (Fsp3) is 0.412. The van der Waals surface area contributed by atoms with Gasteiger partial charge in [-0.05, 0) is 54.3 Å². The zero-order chi connectivity index (χ0) is 14.4. The molecule has 0 fully saturated rings. The Bertz CT molecular complexity index is 566. The number of halogens is 1. The van der Waals surface area contributed by atoms with Gasteiger partial charge in [-0.15, -0.1) is 0 Å². The second kappa shape index (κ2) is 7.53. The largest absolute Gasteiger partial charge is 0.508 e. The van der Waals surface area contributed by atoms with Gasteiger partial charge in [-0.25, -0.2) is 0 Å². The summed E-state index contributed by atoms with van der Waals surface area (Å²) in [6, 6.07) is 9.71. The Morgan fingerprint density at radius 2 is 1.85 bits per heavy atom. The minimum atomic E-state index is 0.345. The summed E-state index contributed by atoms with van der Waals surface area (Å²) in [5.74, 6) is 1.25. The molecule has 108 valence electrons. The Kier molecular flexibility index (Phi) is 5.72. The van der Waals surface area contributed by atoms with E-state index in [-0.39, 0.29) is 0 Å². The number of phenolic OH excluding ortho intramolecular Hbond substituents is 1. The number of hydrogen-bond acceptors (Lipinski definition) is 2. The Balaban J connectivity index is 1.93. The van der Waals surface area contributed by atoms with Gasteiger partial charge in [0.2, 0.25) is 0 Å². The van der Waals surface area contributed by atoms with Gasteiger partial charge in [-0.3, -0.25) is 0 Å². The van der Waals surface area contributed by atoms with Crippen LogP contribution in [0, 0.1) is 6.92 Å². The van der Waals surface area contributed by atoms with Crippen LogP contribution in [0.25, 0.3) is 10.8 Å². The van der Waals surface area contributed by atoms with E-state index in [1.54, 1.807) is 6.07 Å². The molecule has 0 saturated heterocycles. The molecule has 0 saturated carbocycles. The molecule has 0 aliphatic carbocycles. The first-order valence-electron chi connectivity index (χ1n) is 7.13. The number of rotatable bonds is 7. The number of ether oxygens (including phenoxy) is 1. The van der Waals surface area contributed by atoms with Crippen molar-refractivity contribution in [3.63, 3.8) is 0 Å². The molecular formula is C17H21BrO2. The van der Waals surface area contributed by atoms with Crippen LogP contribution < -0.4 is 4.74 Å². The summed E-state index contributed by atoms with van der Waals surface area (Å²) < 4.78 is 5.79. The molecule has 3 heteroatoms. The number of phenols is 1. The van der Waals surface area contributed by atoms with Gasteiger partial charge in [0.25, 0.3) is 0 Å². The van der Waals surface area contributed by atoms with Gasteiger partial charge in [0.1, 0.15) is 11.5 Å². The molecule has 0 amide bonds. The SMILES string of the molecule is Cc1c(O)ccc2cc(OCCCCCCBr)ccc12. The van der Waals surface area contributed by atoms with E-state index >= 15 is 0 Å². The van der Waals surface area contributed by atoms with Gasteiger partial charge in [0.15, 0.2) is 0 Å². The number of fused-ring (bicyclic) bond motifs is 1. The molecule has 2 nitrogen and oxygen atoms in total. The minimum Gasteiger partial charge on any atom is -0.508 e. The van der Waals surface area contributed by atoms with Crippen LogP contribution in [0.5, 0.6) is 11.5 Å². The Hall–Kier alpha value is -1.22. The summed E-state index contributed by atoms with van der Waals surface area (Å²) in [7, 11) is 0. The molecular weight excluding hydrogens is 316 g/mol. The lowest BCUT2D eigenvalue weighted by Crippen LogP contribution is -1.97. The Morgan fingerprint density at radius 1 is 1.05 bits per heavy atom. The summed E-state index contributed by atoms with van der Waals surface area (Å²) in [6.07, 6.45) is 4.80. The van der Waals surface area contributed by atoms with Crippen molar-refractivity contribution in [3.8, 4) is 11.5 Å². The minimum absolute atomic E-state index is 0.345. The molecule has 0 aliphatic rings. The fourth-order valence-electron chi connectivity index (χ4n) is 2.28. The second-order valence-corrected chi connectivity index (χ2v) is 5.84.